The summed E-state index contributed by atoms with van der Waals surface area (Å²) in [4.78, 5) is 29.5. The van der Waals surface area contributed by atoms with E-state index in [9.17, 15) is 9.18 Å². The van der Waals surface area contributed by atoms with Gasteiger partial charge in [-0.05, 0) is 31.3 Å². The molecule has 0 N–H and O–H groups in total. The zero-order valence-corrected chi connectivity index (χ0v) is 19.9. The number of fused-ring (bicyclic) bond motifs is 1. The molecule has 3 aliphatic heterocycles. The molecule has 0 aromatic carbocycles. The first-order chi connectivity index (χ1) is 17.1. The van der Waals surface area contributed by atoms with E-state index in [2.05, 4.69) is 15.0 Å². The van der Waals surface area contributed by atoms with Gasteiger partial charge < -0.3 is 24.0 Å². The second-order valence-electron chi connectivity index (χ2n) is 9.13. The molecular weight excluding hydrogens is 453 g/mol. The van der Waals surface area contributed by atoms with Crippen LogP contribution in [-0.2, 0) is 22.5 Å². The van der Waals surface area contributed by atoms with E-state index in [1.165, 1.54) is 19.5 Å². The van der Waals surface area contributed by atoms with Crippen LogP contribution in [0.5, 0.6) is 11.8 Å². The standard InChI is InChI=1S/C25H30FN5O4/c1-33-24-21(26)12-19(13-27-24)30-8-3-22-20(15-30)23(29-16-28-22)35-11-4-17-2-7-31(14-17)25(32)18-5-9-34-10-6-18/h4,11-13,16-18H,2-3,5-10,14-15H2,1H3. The lowest BCUT2D eigenvalue weighted by Crippen LogP contribution is -2.37. The van der Waals surface area contributed by atoms with Crippen LogP contribution in [0, 0.1) is 17.7 Å². The Morgan fingerprint density at radius 3 is 2.83 bits per heavy atom. The minimum absolute atomic E-state index is 0.0245. The van der Waals surface area contributed by atoms with Crippen molar-refractivity contribution in [2.45, 2.75) is 32.2 Å². The highest BCUT2D eigenvalue weighted by Crippen LogP contribution is 2.30. The fourth-order valence-corrected chi connectivity index (χ4v) is 4.94. The Morgan fingerprint density at radius 1 is 1.17 bits per heavy atom. The Kier molecular flexibility index (Phi) is 7.08. The van der Waals surface area contributed by atoms with Gasteiger partial charge in [-0.1, -0.05) is 0 Å². The van der Waals surface area contributed by atoms with Crippen molar-refractivity contribution < 1.29 is 23.4 Å². The summed E-state index contributed by atoms with van der Waals surface area (Å²) < 4.78 is 30.4. The molecule has 0 spiro atoms. The second kappa shape index (κ2) is 10.6. The molecule has 2 saturated heterocycles. The van der Waals surface area contributed by atoms with Gasteiger partial charge in [0.05, 0.1) is 43.1 Å². The zero-order chi connectivity index (χ0) is 24.2. The van der Waals surface area contributed by atoms with Gasteiger partial charge in [0.1, 0.15) is 6.33 Å². The lowest BCUT2D eigenvalue weighted by Gasteiger charge is -2.30. The van der Waals surface area contributed by atoms with Crippen molar-refractivity contribution in [1.82, 2.24) is 19.9 Å². The Hall–Kier alpha value is -3.27. The largest absolute Gasteiger partial charge is 0.479 e. The number of anilines is 1. The maximum absolute atomic E-state index is 14.2. The number of hydrogen-bond donors (Lipinski definition) is 0. The molecule has 9 nitrogen and oxygen atoms in total. The van der Waals surface area contributed by atoms with Crippen LogP contribution in [0.15, 0.2) is 30.9 Å². The lowest BCUT2D eigenvalue weighted by molar-refractivity contribution is -0.137. The number of nitrogens with zero attached hydrogens (tertiary/aromatic N) is 5. The van der Waals surface area contributed by atoms with Crippen LogP contribution in [0.25, 0.3) is 0 Å². The van der Waals surface area contributed by atoms with Gasteiger partial charge in [-0.3, -0.25) is 4.79 Å². The Labute approximate surface area is 203 Å². The van der Waals surface area contributed by atoms with Crippen LogP contribution < -0.4 is 14.4 Å². The van der Waals surface area contributed by atoms with Crippen molar-refractivity contribution in [3.05, 3.63) is 48.0 Å². The average Bonchev–Trinajstić information content (AvgIpc) is 3.37. The van der Waals surface area contributed by atoms with Crippen molar-refractivity contribution in [2.75, 3.05) is 44.9 Å². The van der Waals surface area contributed by atoms with Crippen molar-refractivity contribution in [1.29, 1.82) is 0 Å². The Morgan fingerprint density at radius 2 is 2.03 bits per heavy atom. The molecule has 5 heterocycles. The third kappa shape index (κ3) is 5.22. The number of methoxy groups -OCH3 is 1. The van der Waals surface area contributed by atoms with Gasteiger partial charge in [0.2, 0.25) is 17.7 Å². The lowest BCUT2D eigenvalue weighted by atomic mass is 9.99. The highest BCUT2D eigenvalue weighted by Gasteiger charge is 2.31. The summed E-state index contributed by atoms with van der Waals surface area (Å²) in [6, 6.07) is 1.43. The van der Waals surface area contributed by atoms with E-state index >= 15 is 0 Å². The summed E-state index contributed by atoms with van der Waals surface area (Å²) in [6.45, 7) is 4.00. The Balaban J connectivity index is 1.21. The normalized spacial score (nSPS) is 20.8. The number of carbonyl (C=O) groups excluding carboxylic acids is 1. The van der Waals surface area contributed by atoms with Gasteiger partial charge in [0, 0.05) is 51.3 Å². The summed E-state index contributed by atoms with van der Waals surface area (Å²) in [5.74, 6) is 0.559. The van der Waals surface area contributed by atoms with E-state index in [1.807, 2.05) is 15.9 Å². The number of rotatable bonds is 6. The van der Waals surface area contributed by atoms with Crippen LogP contribution in [-0.4, -0.2) is 65.7 Å². The Bertz CT molecular complexity index is 1090. The molecule has 0 saturated carbocycles. The van der Waals surface area contributed by atoms with Crippen LogP contribution in [0.2, 0.25) is 0 Å². The number of carbonyl (C=O) groups is 1. The molecule has 35 heavy (non-hydrogen) atoms. The smallest absolute Gasteiger partial charge is 0.250 e. The third-order valence-corrected chi connectivity index (χ3v) is 6.95. The van der Waals surface area contributed by atoms with Gasteiger partial charge in [0.25, 0.3) is 0 Å². The van der Waals surface area contributed by atoms with Gasteiger partial charge in [0.15, 0.2) is 5.82 Å². The summed E-state index contributed by atoms with van der Waals surface area (Å²) >= 11 is 0. The molecule has 5 rings (SSSR count). The first kappa shape index (κ1) is 23.5. The maximum atomic E-state index is 14.2. The summed E-state index contributed by atoms with van der Waals surface area (Å²) in [5, 5.41) is 0. The molecule has 1 unspecified atom stereocenters. The van der Waals surface area contributed by atoms with Gasteiger partial charge in [-0.25, -0.2) is 19.3 Å². The zero-order valence-electron chi connectivity index (χ0n) is 19.9. The summed E-state index contributed by atoms with van der Waals surface area (Å²) in [7, 11) is 1.39. The fourth-order valence-electron chi connectivity index (χ4n) is 4.94. The van der Waals surface area contributed by atoms with Crippen LogP contribution in [0.4, 0.5) is 10.1 Å². The highest BCUT2D eigenvalue weighted by molar-refractivity contribution is 5.79. The molecule has 0 aliphatic carbocycles. The summed E-state index contributed by atoms with van der Waals surface area (Å²) in [6.07, 6.45) is 10.0. The minimum atomic E-state index is -0.500. The molecular formula is C25H30FN5O4. The predicted octanol–water partition coefficient (Wildman–Crippen LogP) is 2.75. The van der Waals surface area contributed by atoms with E-state index in [-0.39, 0.29) is 23.6 Å². The van der Waals surface area contributed by atoms with E-state index < -0.39 is 5.82 Å². The van der Waals surface area contributed by atoms with E-state index in [1.54, 1.807) is 12.5 Å². The van der Waals surface area contributed by atoms with E-state index in [4.69, 9.17) is 14.2 Å². The van der Waals surface area contributed by atoms with Gasteiger partial charge >= 0.3 is 0 Å². The monoisotopic (exact) mass is 483 g/mol. The fraction of sp³-hybridized carbons (Fsp3) is 0.520. The predicted molar refractivity (Wildman–Crippen MR) is 126 cm³/mol. The number of hydrogen-bond acceptors (Lipinski definition) is 8. The third-order valence-electron chi connectivity index (χ3n) is 6.95. The van der Waals surface area contributed by atoms with Crippen molar-refractivity contribution in [3.8, 4) is 11.8 Å². The first-order valence-electron chi connectivity index (χ1n) is 12.1. The molecule has 10 heteroatoms. The van der Waals surface area contributed by atoms with E-state index in [0.717, 1.165) is 37.1 Å². The highest BCUT2D eigenvalue weighted by atomic mass is 19.1. The molecule has 1 amide bonds. The average molecular weight is 484 g/mol. The molecule has 2 fully saturated rings. The van der Waals surface area contributed by atoms with Gasteiger partial charge in [-0.2, -0.15) is 0 Å². The molecule has 0 bridgehead atoms. The molecule has 1 atom stereocenters. The number of ether oxygens (including phenoxy) is 3. The van der Waals surface area contributed by atoms with Crippen LogP contribution in [0.1, 0.15) is 30.5 Å². The first-order valence-corrected chi connectivity index (χ1v) is 12.1. The maximum Gasteiger partial charge on any atom is 0.250 e. The molecule has 0 radical (unpaired) electrons. The van der Waals surface area contributed by atoms with Crippen molar-refractivity contribution in [3.63, 3.8) is 0 Å². The summed E-state index contributed by atoms with van der Waals surface area (Å²) in [5.41, 5.74) is 2.47. The van der Waals surface area contributed by atoms with Gasteiger partial charge in [-0.15, -0.1) is 0 Å². The van der Waals surface area contributed by atoms with Crippen LogP contribution in [0.3, 0.4) is 0 Å². The SMILES string of the molecule is COc1ncc(N2CCc3ncnc(OC=CC4CCN(C(=O)C5CCOCC5)C4)c3C2)cc1F. The quantitative estimate of drug-likeness (QED) is 0.580. The number of likely N-dealkylation sites (tertiary alicyclic amines) is 1. The number of aromatic nitrogens is 3. The number of amides is 1. The van der Waals surface area contributed by atoms with E-state index in [0.29, 0.717) is 50.8 Å². The number of halogens is 1. The minimum Gasteiger partial charge on any atom is -0.479 e. The van der Waals surface area contributed by atoms with Crippen molar-refractivity contribution in [2.24, 2.45) is 11.8 Å². The molecule has 3 aliphatic rings. The molecule has 2 aromatic heterocycles. The second-order valence-corrected chi connectivity index (χ2v) is 9.13. The number of pyridine rings is 1. The van der Waals surface area contributed by atoms with Crippen molar-refractivity contribution >= 4 is 11.6 Å². The molecule has 2 aromatic rings. The topological polar surface area (TPSA) is 89.9 Å². The van der Waals surface area contributed by atoms with Crippen LogP contribution >= 0.6 is 0 Å². The molecule has 186 valence electrons.